The first-order valence-corrected chi connectivity index (χ1v) is 10.4. The van der Waals surface area contributed by atoms with Crippen LogP contribution in [-0.4, -0.2) is 0 Å². The maximum Gasteiger partial charge on any atom is 0.0147 e. The Kier molecular flexibility index (Phi) is 3.72. The molecular formula is C28H28. The molecule has 0 bridgehead atoms. The Morgan fingerprint density at radius 2 is 1.36 bits per heavy atom. The number of hydrogen-bond acceptors (Lipinski definition) is 0. The lowest BCUT2D eigenvalue weighted by Crippen LogP contribution is -2.26. The maximum atomic E-state index is 2.45. The summed E-state index contributed by atoms with van der Waals surface area (Å²) in [5, 5.41) is 0. The Bertz CT molecular complexity index is 1110. The zero-order chi connectivity index (χ0) is 19.6. The van der Waals surface area contributed by atoms with Gasteiger partial charge in [-0.1, -0.05) is 87.0 Å². The van der Waals surface area contributed by atoms with Gasteiger partial charge in [-0.3, -0.25) is 0 Å². The van der Waals surface area contributed by atoms with Crippen molar-refractivity contribution in [3.63, 3.8) is 0 Å². The topological polar surface area (TPSA) is 0 Å². The number of benzene rings is 2. The summed E-state index contributed by atoms with van der Waals surface area (Å²) >= 11 is 0. The molecule has 0 aliphatic heterocycles. The van der Waals surface area contributed by atoms with Crippen molar-refractivity contribution in [2.24, 2.45) is 5.41 Å². The lowest BCUT2D eigenvalue weighted by molar-refractivity contribution is 0.392. The van der Waals surface area contributed by atoms with Crippen molar-refractivity contribution in [2.75, 3.05) is 0 Å². The molecule has 28 heavy (non-hydrogen) atoms. The second kappa shape index (κ2) is 5.95. The van der Waals surface area contributed by atoms with Crippen LogP contribution in [0.3, 0.4) is 0 Å². The average molecular weight is 365 g/mol. The van der Waals surface area contributed by atoms with E-state index in [2.05, 4.69) is 101 Å². The molecule has 0 fully saturated rings. The van der Waals surface area contributed by atoms with Gasteiger partial charge in [-0.2, -0.15) is 0 Å². The second-order valence-electron chi connectivity index (χ2n) is 9.24. The highest BCUT2D eigenvalue weighted by molar-refractivity contribution is 5.79. The van der Waals surface area contributed by atoms with E-state index in [1.165, 1.54) is 50.1 Å². The molecule has 0 nitrogen and oxygen atoms in total. The summed E-state index contributed by atoms with van der Waals surface area (Å²) in [5.74, 6) is 0.877. The predicted octanol–water partition coefficient (Wildman–Crippen LogP) is 7.67. The fourth-order valence-electron chi connectivity index (χ4n) is 6.05. The average Bonchev–Trinajstić information content (AvgIpc) is 3.18. The first kappa shape index (κ1) is 17.5. The van der Waals surface area contributed by atoms with Crippen molar-refractivity contribution in [3.8, 4) is 0 Å². The normalized spacial score (nSPS) is 23.0. The highest BCUT2D eigenvalue weighted by Crippen LogP contribution is 2.58. The monoisotopic (exact) mass is 364 g/mol. The van der Waals surface area contributed by atoms with Gasteiger partial charge < -0.3 is 0 Å². The molecule has 2 aromatic carbocycles. The van der Waals surface area contributed by atoms with Gasteiger partial charge in [0.15, 0.2) is 0 Å². The van der Waals surface area contributed by atoms with Crippen LogP contribution in [-0.2, 0) is 0 Å². The summed E-state index contributed by atoms with van der Waals surface area (Å²) in [4.78, 5) is 0. The fourth-order valence-corrected chi connectivity index (χ4v) is 6.05. The minimum atomic E-state index is 0.0351. The molecular weight excluding hydrogens is 336 g/mol. The Morgan fingerprint density at radius 1 is 0.750 bits per heavy atom. The molecule has 2 atom stereocenters. The van der Waals surface area contributed by atoms with Crippen LogP contribution in [0.2, 0.25) is 0 Å². The third-order valence-corrected chi connectivity index (χ3v) is 7.09. The number of rotatable bonds is 2. The first-order chi connectivity index (χ1) is 13.4. The number of allylic oxidation sites excluding steroid dienone is 6. The molecule has 0 N–H and O–H groups in total. The highest BCUT2D eigenvalue weighted by atomic mass is 14.5. The van der Waals surface area contributed by atoms with Crippen LogP contribution < -0.4 is 0 Å². The Labute approximate surface area is 169 Å². The van der Waals surface area contributed by atoms with Crippen LogP contribution >= 0.6 is 0 Å². The largest absolute Gasteiger partial charge is 0.0643 e. The SMILES string of the molecule is CC1=Cc2ccccc2C1C(C)(C)C1=C(C)C=C2C1=Cc1ccccc1[C@H]2C. The van der Waals surface area contributed by atoms with Gasteiger partial charge >= 0.3 is 0 Å². The lowest BCUT2D eigenvalue weighted by atomic mass is 9.65. The van der Waals surface area contributed by atoms with E-state index in [-0.39, 0.29) is 5.41 Å². The van der Waals surface area contributed by atoms with Gasteiger partial charge in [0, 0.05) is 17.3 Å². The first-order valence-electron chi connectivity index (χ1n) is 10.4. The molecule has 0 heterocycles. The zero-order valence-electron chi connectivity index (χ0n) is 17.5. The molecule has 0 heteroatoms. The molecule has 0 radical (unpaired) electrons. The van der Waals surface area contributed by atoms with Gasteiger partial charge in [0.25, 0.3) is 0 Å². The minimum absolute atomic E-state index is 0.0351. The molecule has 0 saturated heterocycles. The van der Waals surface area contributed by atoms with E-state index in [0.29, 0.717) is 11.8 Å². The molecule has 0 spiro atoms. The van der Waals surface area contributed by atoms with E-state index in [4.69, 9.17) is 0 Å². The molecule has 0 amide bonds. The Hall–Kier alpha value is -2.60. The number of fused-ring (bicyclic) bond motifs is 3. The van der Waals surface area contributed by atoms with E-state index >= 15 is 0 Å². The van der Waals surface area contributed by atoms with Crippen LogP contribution in [0.15, 0.2) is 82.5 Å². The quantitative estimate of drug-likeness (QED) is 0.513. The van der Waals surface area contributed by atoms with E-state index in [1.807, 2.05) is 0 Å². The molecule has 3 aliphatic rings. The standard InChI is InChI=1S/C28H28/c1-17-14-20-10-7-9-13-23(20)26(17)28(4,5)27-18(2)15-24-19(3)22-12-8-6-11-21(22)16-25(24)27/h6-16,19,26H,1-5H3/t19-,26?/m1/s1. The Balaban J connectivity index is 1.65. The van der Waals surface area contributed by atoms with Crippen LogP contribution in [0.4, 0.5) is 0 Å². The third-order valence-electron chi connectivity index (χ3n) is 7.09. The van der Waals surface area contributed by atoms with Gasteiger partial charge in [0.05, 0.1) is 0 Å². The van der Waals surface area contributed by atoms with Crippen molar-refractivity contribution in [2.45, 2.75) is 46.5 Å². The van der Waals surface area contributed by atoms with Crippen LogP contribution in [0.25, 0.3) is 12.2 Å². The molecule has 5 rings (SSSR count). The van der Waals surface area contributed by atoms with Crippen molar-refractivity contribution in [1.82, 2.24) is 0 Å². The molecule has 3 aliphatic carbocycles. The fraction of sp³-hybridized carbons (Fsp3) is 0.286. The van der Waals surface area contributed by atoms with Gasteiger partial charge in [-0.05, 0) is 64.5 Å². The van der Waals surface area contributed by atoms with Crippen LogP contribution in [0.1, 0.15) is 68.7 Å². The highest BCUT2D eigenvalue weighted by Gasteiger charge is 2.43. The summed E-state index contributed by atoms with van der Waals surface area (Å²) in [7, 11) is 0. The van der Waals surface area contributed by atoms with Gasteiger partial charge in [0.2, 0.25) is 0 Å². The van der Waals surface area contributed by atoms with Gasteiger partial charge in [-0.25, -0.2) is 0 Å². The minimum Gasteiger partial charge on any atom is -0.0643 e. The van der Waals surface area contributed by atoms with E-state index in [9.17, 15) is 0 Å². The van der Waals surface area contributed by atoms with Crippen molar-refractivity contribution >= 4 is 12.2 Å². The molecule has 1 unspecified atom stereocenters. The summed E-state index contributed by atoms with van der Waals surface area (Å²) in [5.41, 5.74) is 13.1. The molecule has 2 aromatic rings. The van der Waals surface area contributed by atoms with E-state index in [1.54, 1.807) is 0 Å². The zero-order valence-corrected chi connectivity index (χ0v) is 17.5. The number of hydrogen-bond donors (Lipinski definition) is 0. The molecule has 0 saturated carbocycles. The van der Waals surface area contributed by atoms with Crippen molar-refractivity contribution in [3.05, 3.63) is 105 Å². The Morgan fingerprint density at radius 3 is 2.07 bits per heavy atom. The second-order valence-corrected chi connectivity index (χ2v) is 9.24. The van der Waals surface area contributed by atoms with Crippen molar-refractivity contribution < 1.29 is 0 Å². The maximum absolute atomic E-state index is 2.45. The summed E-state index contributed by atoms with van der Waals surface area (Å²) in [6.07, 6.45) is 7.27. The lowest BCUT2D eigenvalue weighted by Gasteiger charge is -2.38. The summed E-state index contributed by atoms with van der Waals surface area (Å²) < 4.78 is 0. The van der Waals surface area contributed by atoms with Crippen LogP contribution in [0.5, 0.6) is 0 Å². The van der Waals surface area contributed by atoms with Gasteiger partial charge in [-0.15, -0.1) is 0 Å². The van der Waals surface area contributed by atoms with E-state index in [0.717, 1.165) is 0 Å². The summed E-state index contributed by atoms with van der Waals surface area (Å²) in [6, 6.07) is 17.8. The van der Waals surface area contributed by atoms with E-state index < -0.39 is 0 Å². The smallest absolute Gasteiger partial charge is 0.0147 e. The van der Waals surface area contributed by atoms with Crippen molar-refractivity contribution in [1.29, 1.82) is 0 Å². The molecule has 0 aromatic heterocycles. The molecule has 140 valence electrons. The third kappa shape index (κ3) is 2.30. The summed E-state index contributed by atoms with van der Waals surface area (Å²) in [6.45, 7) is 11.9. The predicted molar refractivity (Wildman–Crippen MR) is 120 cm³/mol. The van der Waals surface area contributed by atoms with Crippen LogP contribution in [0, 0.1) is 5.41 Å². The van der Waals surface area contributed by atoms with Gasteiger partial charge in [0.1, 0.15) is 0 Å².